The molecule has 4 rings (SSSR count). The third kappa shape index (κ3) is 3.58. The lowest BCUT2D eigenvalue weighted by molar-refractivity contribution is -0.114. The summed E-state index contributed by atoms with van der Waals surface area (Å²) in [5, 5.41) is 0. The number of ether oxygens (including phenoxy) is 1. The second kappa shape index (κ2) is 7.60. The van der Waals surface area contributed by atoms with Gasteiger partial charge >= 0.3 is 0 Å². The van der Waals surface area contributed by atoms with Crippen molar-refractivity contribution in [1.82, 2.24) is 0 Å². The first-order chi connectivity index (χ1) is 13.5. The largest absolute Gasteiger partial charge is 0.489 e. The van der Waals surface area contributed by atoms with Gasteiger partial charge in [-0.1, -0.05) is 58.4 Å². The van der Waals surface area contributed by atoms with Crippen molar-refractivity contribution in [1.29, 1.82) is 0 Å². The highest BCUT2D eigenvalue weighted by Gasteiger charge is 2.37. The van der Waals surface area contributed by atoms with Crippen LogP contribution in [-0.2, 0) is 17.9 Å². The average molecular weight is 436 g/mol. The Balaban J connectivity index is 1.49. The molecule has 0 saturated carbocycles. The van der Waals surface area contributed by atoms with Gasteiger partial charge in [0.1, 0.15) is 12.4 Å². The number of nitrogens with zero attached hydrogens (tertiary/aromatic N) is 1. The summed E-state index contributed by atoms with van der Waals surface area (Å²) in [6, 6.07) is 21.2. The maximum Gasteiger partial charge on any atom is 0.299 e. The van der Waals surface area contributed by atoms with E-state index in [-0.39, 0.29) is 0 Å². The molecule has 1 amide bonds. The van der Waals surface area contributed by atoms with E-state index in [4.69, 9.17) is 4.74 Å². The van der Waals surface area contributed by atoms with E-state index < -0.39 is 11.7 Å². The number of carbonyl (C=O) groups is 2. The Bertz CT molecular complexity index is 1050. The minimum absolute atomic E-state index is 0.346. The van der Waals surface area contributed by atoms with Gasteiger partial charge in [0.05, 0.1) is 17.8 Å². The van der Waals surface area contributed by atoms with Crippen molar-refractivity contribution in [2.45, 2.75) is 20.1 Å². The molecule has 0 spiro atoms. The number of ketones is 1. The van der Waals surface area contributed by atoms with Gasteiger partial charge < -0.3 is 9.64 Å². The maximum atomic E-state index is 12.5. The number of fused-ring (bicyclic) bond motifs is 1. The van der Waals surface area contributed by atoms with Gasteiger partial charge in [-0.2, -0.15) is 0 Å². The summed E-state index contributed by atoms with van der Waals surface area (Å²) in [5.74, 6) is -0.181. The zero-order chi connectivity index (χ0) is 19.7. The Hall–Kier alpha value is -2.92. The lowest BCUT2D eigenvalue weighted by Gasteiger charge is -2.19. The van der Waals surface area contributed by atoms with Gasteiger partial charge in [0.15, 0.2) is 0 Å². The normalized spacial score (nSPS) is 13.0. The average Bonchev–Trinajstić information content (AvgIpc) is 2.93. The number of hydrogen-bond acceptors (Lipinski definition) is 3. The predicted molar refractivity (Wildman–Crippen MR) is 112 cm³/mol. The monoisotopic (exact) mass is 435 g/mol. The fourth-order valence-corrected chi connectivity index (χ4v) is 3.94. The van der Waals surface area contributed by atoms with Crippen LogP contribution in [-0.4, -0.2) is 11.7 Å². The first kappa shape index (κ1) is 18.4. The summed E-state index contributed by atoms with van der Waals surface area (Å²) in [6.07, 6.45) is 0. The highest BCUT2D eigenvalue weighted by molar-refractivity contribution is 9.10. The maximum absolute atomic E-state index is 12.5. The van der Waals surface area contributed by atoms with Crippen LogP contribution in [0.2, 0.25) is 0 Å². The van der Waals surface area contributed by atoms with Crippen LogP contribution in [0, 0.1) is 6.92 Å². The minimum Gasteiger partial charge on any atom is -0.489 e. The minimum atomic E-state index is -0.486. The standard InChI is InChI=1S/C23H18BrNO3/c1-15-11-18(24)12-20-21(15)25(23(27)22(20)26)13-16-7-9-19(10-8-16)28-14-17-5-3-2-4-6-17/h2-12H,13-14H2,1H3. The van der Waals surface area contributed by atoms with Crippen LogP contribution < -0.4 is 9.64 Å². The number of rotatable bonds is 5. The van der Waals surface area contributed by atoms with Crippen molar-refractivity contribution in [3.8, 4) is 5.75 Å². The molecule has 28 heavy (non-hydrogen) atoms. The van der Waals surface area contributed by atoms with E-state index >= 15 is 0 Å². The van der Waals surface area contributed by atoms with E-state index in [0.717, 1.165) is 26.9 Å². The summed E-state index contributed by atoms with van der Waals surface area (Å²) < 4.78 is 6.60. The number of hydrogen-bond donors (Lipinski definition) is 0. The molecule has 0 bridgehead atoms. The van der Waals surface area contributed by atoms with E-state index in [9.17, 15) is 9.59 Å². The van der Waals surface area contributed by atoms with Crippen molar-refractivity contribution in [3.05, 3.63) is 93.5 Å². The second-order valence-electron chi connectivity index (χ2n) is 6.76. The number of aryl methyl sites for hydroxylation is 1. The van der Waals surface area contributed by atoms with Crippen molar-refractivity contribution in [2.75, 3.05) is 4.90 Å². The Morgan fingerprint density at radius 3 is 2.36 bits per heavy atom. The van der Waals surface area contributed by atoms with Crippen LogP contribution in [0.4, 0.5) is 5.69 Å². The molecule has 0 atom stereocenters. The molecule has 140 valence electrons. The molecular weight excluding hydrogens is 418 g/mol. The fourth-order valence-electron chi connectivity index (χ4n) is 3.37. The van der Waals surface area contributed by atoms with Crippen LogP contribution in [0.3, 0.4) is 0 Å². The number of benzene rings is 3. The van der Waals surface area contributed by atoms with E-state index in [2.05, 4.69) is 15.9 Å². The Morgan fingerprint density at radius 1 is 0.929 bits per heavy atom. The lowest BCUT2D eigenvalue weighted by Crippen LogP contribution is -2.29. The number of carbonyl (C=O) groups excluding carboxylic acids is 2. The number of anilines is 1. The first-order valence-corrected chi connectivity index (χ1v) is 9.74. The molecule has 5 heteroatoms. The molecule has 1 aliphatic rings. The quantitative estimate of drug-likeness (QED) is 0.525. The number of halogens is 1. The van der Waals surface area contributed by atoms with Crippen molar-refractivity contribution in [3.63, 3.8) is 0 Å². The van der Waals surface area contributed by atoms with Gasteiger partial charge in [0, 0.05) is 4.47 Å². The fraction of sp³-hybridized carbons (Fsp3) is 0.130. The molecule has 3 aromatic rings. The van der Waals surface area contributed by atoms with Crippen molar-refractivity contribution < 1.29 is 14.3 Å². The van der Waals surface area contributed by atoms with Gasteiger partial charge in [-0.25, -0.2) is 0 Å². The van der Waals surface area contributed by atoms with Crippen LogP contribution >= 0.6 is 15.9 Å². The van der Waals surface area contributed by atoms with Gasteiger partial charge in [-0.05, 0) is 47.9 Å². The molecule has 4 nitrogen and oxygen atoms in total. The number of Topliss-reactive ketones (excluding diaryl/α,β-unsaturated/α-hetero) is 1. The third-order valence-corrected chi connectivity index (χ3v) is 5.19. The number of amides is 1. The van der Waals surface area contributed by atoms with Gasteiger partial charge in [-0.15, -0.1) is 0 Å². The zero-order valence-electron chi connectivity index (χ0n) is 15.3. The molecule has 0 aliphatic carbocycles. The van der Waals surface area contributed by atoms with Crippen LogP contribution in [0.25, 0.3) is 0 Å². The van der Waals surface area contributed by atoms with Crippen molar-refractivity contribution >= 4 is 33.3 Å². The highest BCUT2D eigenvalue weighted by Crippen LogP contribution is 2.36. The summed E-state index contributed by atoms with van der Waals surface area (Å²) in [4.78, 5) is 26.4. The van der Waals surface area contributed by atoms with E-state index in [0.29, 0.717) is 24.4 Å². The van der Waals surface area contributed by atoms with E-state index in [1.807, 2.05) is 67.6 Å². The Kier molecular flexibility index (Phi) is 5.01. The summed E-state index contributed by atoms with van der Waals surface area (Å²) >= 11 is 3.39. The van der Waals surface area contributed by atoms with Gasteiger partial charge in [0.25, 0.3) is 11.7 Å². The molecule has 3 aromatic carbocycles. The van der Waals surface area contributed by atoms with Crippen LogP contribution in [0.5, 0.6) is 5.75 Å². The molecule has 0 radical (unpaired) electrons. The molecule has 0 N–H and O–H groups in total. The first-order valence-electron chi connectivity index (χ1n) is 8.95. The van der Waals surface area contributed by atoms with Crippen LogP contribution in [0.15, 0.2) is 71.2 Å². The molecular formula is C23H18BrNO3. The topological polar surface area (TPSA) is 46.6 Å². The SMILES string of the molecule is Cc1cc(Br)cc2c1N(Cc1ccc(OCc3ccccc3)cc1)C(=O)C2=O. The van der Waals surface area contributed by atoms with Crippen LogP contribution in [0.1, 0.15) is 27.0 Å². The summed E-state index contributed by atoms with van der Waals surface area (Å²) in [6.45, 7) is 2.75. The van der Waals surface area contributed by atoms with E-state index in [1.165, 1.54) is 0 Å². The van der Waals surface area contributed by atoms with Crippen molar-refractivity contribution in [2.24, 2.45) is 0 Å². The second-order valence-corrected chi connectivity index (χ2v) is 7.67. The van der Waals surface area contributed by atoms with E-state index in [1.54, 1.807) is 11.0 Å². The molecule has 0 fully saturated rings. The lowest BCUT2D eigenvalue weighted by atomic mass is 10.1. The Labute approximate surface area is 171 Å². The third-order valence-electron chi connectivity index (χ3n) is 4.73. The predicted octanol–water partition coefficient (Wildman–Crippen LogP) is 5.07. The van der Waals surface area contributed by atoms with Gasteiger partial charge in [0.2, 0.25) is 0 Å². The summed E-state index contributed by atoms with van der Waals surface area (Å²) in [7, 11) is 0. The molecule has 0 saturated heterocycles. The highest BCUT2D eigenvalue weighted by atomic mass is 79.9. The molecule has 1 heterocycles. The molecule has 0 unspecified atom stereocenters. The molecule has 1 aliphatic heterocycles. The smallest absolute Gasteiger partial charge is 0.299 e. The molecule has 0 aromatic heterocycles. The zero-order valence-corrected chi connectivity index (χ0v) is 16.9. The Morgan fingerprint density at radius 2 is 1.64 bits per heavy atom. The summed E-state index contributed by atoms with van der Waals surface area (Å²) in [5.41, 5.74) is 4.09. The van der Waals surface area contributed by atoms with Gasteiger partial charge in [-0.3, -0.25) is 9.59 Å².